The third-order valence-electron chi connectivity index (χ3n) is 5.80. The second kappa shape index (κ2) is 10.6. The molecule has 0 aliphatic carbocycles. The van der Waals surface area contributed by atoms with Gasteiger partial charge in [-0.1, -0.05) is 0 Å². The Morgan fingerprint density at radius 3 is 2.56 bits per heavy atom. The summed E-state index contributed by atoms with van der Waals surface area (Å²) in [6.45, 7) is 1.30. The molecule has 0 radical (unpaired) electrons. The fraction of sp³-hybridized carbons (Fsp3) is 0.240. The average molecular weight is 495 g/mol. The third kappa shape index (κ3) is 5.92. The SMILES string of the molecule is N=C(/C=C\C(=N)c1cc(F)cc(F)c1)N=C(N)CNc1ccnc2cc(C3(F)CCNCC3)cnc12. The minimum atomic E-state index is -1.43. The first-order chi connectivity index (χ1) is 17.2. The summed E-state index contributed by atoms with van der Waals surface area (Å²) in [5, 5.41) is 22.1. The molecule has 1 aliphatic heterocycles. The summed E-state index contributed by atoms with van der Waals surface area (Å²) in [5.41, 5.74) is 6.59. The van der Waals surface area contributed by atoms with Gasteiger partial charge in [-0.3, -0.25) is 15.4 Å². The van der Waals surface area contributed by atoms with Crippen LogP contribution in [-0.2, 0) is 5.67 Å². The number of alkyl halides is 1. The molecule has 3 aromatic rings. The average Bonchev–Trinajstić information content (AvgIpc) is 2.85. The number of aromatic nitrogens is 2. The number of rotatable bonds is 7. The van der Waals surface area contributed by atoms with Gasteiger partial charge in [0.05, 0.1) is 23.5 Å². The van der Waals surface area contributed by atoms with Gasteiger partial charge in [0.25, 0.3) is 0 Å². The quantitative estimate of drug-likeness (QED) is 0.251. The number of nitrogens with zero attached hydrogens (tertiary/aromatic N) is 3. The smallest absolute Gasteiger partial charge is 0.146 e. The number of nitrogens with two attached hydrogens (primary N) is 1. The van der Waals surface area contributed by atoms with Crippen molar-refractivity contribution in [3.05, 3.63) is 77.6 Å². The predicted octanol–water partition coefficient (Wildman–Crippen LogP) is 3.83. The summed E-state index contributed by atoms with van der Waals surface area (Å²) in [5.74, 6) is -1.74. The van der Waals surface area contributed by atoms with Crippen LogP contribution in [0.4, 0.5) is 18.9 Å². The second-order valence-corrected chi connectivity index (χ2v) is 8.41. The van der Waals surface area contributed by atoms with Crippen molar-refractivity contribution in [1.82, 2.24) is 15.3 Å². The van der Waals surface area contributed by atoms with Gasteiger partial charge in [0, 0.05) is 29.6 Å². The van der Waals surface area contributed by atoms with E-state index in [0.717, 1.165) is 12.1 Å². The van der Waals surface area contributed by atoms with Crippen molar-refractivity contribution < 1.29 is 13.2 Å². The summed E-state index contributed by atoms with van der Waals surface area (Å²) in [7, 11) is 0. The Labute approximate surface area is 205 Å². The topological polar surface area (TPSA) is 136 Å². The maximum atomic E-state index is 15.3. The first-order valence-electron chi connectivity index (χ1n) is 11.3. The maximum Gasteiger partial charge on any atom is 0.146 e. The highest BCUT2D eigenvalue weighted by Crippen LogP contribution is 2.36. The molecule has 1 aliphatic rings. The molecular weight excluding hydrogens is 469 g/mol. The van der Waals surface area contributed by atoms with Crippen molar-refractivity contribution in [2.45, 2.75) is 18.5 Å². The Hall–Kier alpha value is -4.12. The fourth-order valence-corrected chi connectivity index (χ4v) is 3.91. The standard InChI is InChI=1S/C25H25F3N8/c26-17-9-15(10-18(27)12-17)19(29)1-2-22(30)36-23(31)14-34-20-3-6-33-21-11-16(13-35-24(20)21)25(28)4-7-32-8-5-25/h1-3,6,9-13,29,32H,4-5,7-8,14H2,(H,33,34)(H3,30,31,36)/b2-1-,29-19?. The number of amidine groups is 2. The predicted molar refractivity (Wildman–Crippen MR) is 135 cm³/mol. The lowest BCUT2D eigenvalue weighted by Crippen LogP contribution is -2.36. The van der Waals surface area contributed by atoms with Crippen molar-refractivity contribution in [1.29, 1.82) is 10.8 Å². The molecule has 0 spiro atoms. The fourth-order valence-electron chi connectivity index (χ4n) is 3.91. The molecule has 1 aromatic carbocycles. The van der Waals surface area contributed by atoms with Crippen molar-refractivity contribution in [2.24, 2.45) is 10.7 Å². The van der Waals surface area contributed by atoms with Crippen molar-refractivity contribution in [3.63, 3.8) is 0 Å². The highest BCUT2D eigenvalue weighted by Gasteiger charge is 2.34. The summed E-state index contributed by atoms with van der Waals surface area (Å²) < 4.78 is 42.0. The van der Waals surface area contributed by atoms with Gasteiger partial charge in [-0.2, -0.15) is 0 Å². The van der Waals surface area contributed by atoms with Crippen LogP contribution in [0.5, 0.6) is 0 Å². The number of benzene rings is 1. The molecule has 1 fully saturated rings. The molecule has 11 heteroatoms. The number of hydrogen-bond acceptors (Lipinski definition) is 6. The van der Waals surface area contributed by atoms with E-state index in [-0.39, 0.29) is 29.5 Å². The highest BCUT2D eigenvalue weighted by atomic mass is 19.1. The zero-order valence-electron chi connectivity index (χ0n) is 19.3. The van der Waals surface area contributed by atoms with Gasteiger partial charge in [-0.15, -0.1) is 0 Å². The number of halogens is 3. The number of allylic oxidation sites excluding steroid dienone is 1. The molecule has 0 saturated carbocycles. The number of nitrogens with one attached hydrogen (secondary N) is 4. The summed E-state index contributed by atoms with van der Waals surface area (Å²) in [6.07, 6.45) is 6.30. The van der Waals surface area contributed by atoms with Crippen LogP contribution in [0.2, 0.25) is 0 Å². The molecular formula is C25H25F3N8. The van der Waals surface area contributed by atoms with Gasteiger partial charge in [-0.05, 0) is 62.3 Å². The minimum Gasteiger partial charge on any atom is -0.386 e. The number of anilines is 1. The van der Waals surface area contributed by atoms with Gasteiger partial charge in [0.15, 0.2) is 0 Å². The van der Waals surface area contributed by atoms with E-state index in [1.54, 1.807) is 18.3 Å². The van der Waals surface area contributed by atoms with Gasteiger partial charge < -0.3 is 21.8 Å². The first-order valence-corrected chi connectivity index (χ1v) is 11.3. The zero-order valence-corrected chi connectivity index (χ0v) is 19.3. The highest BCUT2D eigenvalue weighted by molar-refractivity contribution is 6.11. The number of hydrogen-bond donors (Lipinski definition) is 5. The Morgan fingerprint density at radius 1 is 1.11 bits per heavy atom. The van der Waals surface area contributed by atoms with Crippen LogP contribution in [0, 0.1) is 22.5 Å². The Bertz CT molecular complexity index is 1340. The lowest BCUT2D eigenvalue weighted by molar-refractivity contribution is 0.115. The maximum absolute atomic E-state index is 15.3. The lowest BCUT2D eigenvalue weighted by atomic mass is 9.87. The number of piperidine rings is 1. The van der Waals surface area contributed by atoms with Crippen molar-refractivity contribution >= 4 is 34.1 Å². The molecule has 4 rings (SSSR count). The van der Waals surface area contributed by atoms with E-state index in [1.165, 1.54) is 18.3 Å². The van der Waals surface area contributed by atoms with E-state index in [2.05, 4.69) is 25.6 Å². The monoisotopic (exact) mass is 494 g/mol. The number of aliphatic imine (C=N–C) groups is 1. The van der Waals surface area contributed by atoms with Crippen LogP contribution in [0.25, 0.3) is 11.0 Å². The van der Waals surface area contributed by atoms with Gasteiger partial charge >= 0.3 is 0 Å². The lowest BCUT2D eigenvalue weighted by Gasteiger charge is -2.30. The molecule has 0 unspecified atom stereocenters. The number of pyridine rings is 2. The molecule has 186 valence electrons. The Morgan fingerprint density at radius 2 is 1.83 bits per heavy atom. The largest absolute Gasteiger partial charge is 0.386 e. The van der Waals surface area contributed by atoms with Gasteiger partial charge in [0.1, 0.15) is 34.5 Å². The Balaban J connectivity index is 1.41. The molecule has 6 N–H and O–H groups in total. The summed E-state index contributed by atoms with van der Waals surface area (Å²) in [6, 6.07) is 6.19. The summed E-state index contributed by atoms with van der Waals surface area (Å²) in [4.78, 5) is 12.7. The normalized spacial score (nSPS) is 15.8. The van der Waals surface area contributed by atoms with Gasteiger partial charge in [0.2, 0.25) is 0 Å². The van der Waals surface area contributed by atoms with E-state index in [1.807, 2.05) is 0 Å². The van der Waals surface area contributed by atoms with Crippen LogP contribution in [0.1, 0.15) is 24.0 Å². The minimum absolute atomic E-state index is 0.0363. The van der Waals surface area contributed by atoms with Crippen LogP contribution in [-0.4, -0.2) is 47.0 Å². The van der Waals surface area contributed by atoms with E-state index in [9.17, 15) is 8.78 Å². The van der Waals surface area contributed by atoms with Crippen LogP contribution in [0.15, 0.2) is 59.9 Å². The van der Waals surface area contributed by atoms with E-state index < -0.39 is 17.3 Å². The number of fused-ring (bicyclic) bond motifs is 1. The second-order valence-electron chi connectivity index (χ2n) is 8.41. The van der Waals surface area contributed by atoms with Crippen LogP contribution in [0.3, 0.4) is 0 Å². The van der Waals surface area contributed by atoms with E-state index >= 15 is 4.39 Å². The molecule has 8 nitrogen and oxygen atoms in total. The first kappa shape index (κ1) is 25.0. The molecule has 0 amide bonds. The molecule has 3 heterocycles. The zero-order chi connectivity index (χ0) is 25.7. The van der Waals surface area contributed by atoms with E-state index in [0.29, 0.717) is 54.3 Å². The van der Waals surface area contributed by atoms with E-state index in [4.69, 9.17) is 16.6 Å². The third-order valence-corrected chi connectivity index (χ3v) is 5.80. The molecule has 36 heavy (non-hydrogen) atoms. The van der Waals surface area contributed by atoms with Crippen molar-refractivity contribution in [2.75, 3.05) is 25.0 Å². The van der Waals surface area contributed by atoms with Crippen molar-refractivity contribution in [3.8, 4) is 0 Å². The molecule has 0 bridgehead atoms. The summed E-state index contributed by atoms with van der Waals surface area (Å²) >= 11 is 0. The molecule has 1 saturated heterocycles. The van der Waals surface area contributed by atoms with Crippen LogP contribution < -0.4 is 16.4 Å². The Kier molecular flexibility index (Phi) is 7.39. The van der Waals surface area contributed by atoms with Gasteiger partial charge in [-0.25, -0.2) is 18.2 Å². The molecule has 0 atom stereocenters. The molecule has 2 aromatic heterocycles. The van der Waals surface area contributed by atoms with Crippen LogP contribution >= 0.6 is 0 Å².